The number of hydrogen-bond donors (Lipinski definition) is 1. The first kappa shape index (κ1) is 14.9. The fourth-order valence-corrected chi connectivity index (χ4v) is 3.93. The van der Waals surface area contributed by atoms with Crippen molar-refractivity contribution in [2.45, 2.75) is 64.1 Å². The minimum atomic E-state index is 0.350. The van der Waals surface area contributed by atoms with Crippen molar-refractivity contribution >= 4 is 0 Å². The zero-order valence-electron chi connectivity index (χ0n) is 13.4. The lowest BCUT2D eigenvalue weighted by molar-refractivity contribution is 0.0219. The molecule has 21 heavy (non-hydrogen) atoms. The summed E-state index contributed by atoms with van der Waals surface area (Å²) >= 11 is 0. The van der Waals surface area contributed by atoms with Crippen molar-refractivity contribution in [3.05, 3.63) is 24.3 Å². The fourth-order valence-electron chi connectivity index (χ4n) is 3.93. The average Bonchev–Trinajstić information content (AvgIpc) is 2.99. The second-order valence-corrected chi connectivity index (χ2v) is 6.85. The highest BCUT2D eigenvalue weighted by Crippen LogP contribution is 2.38. The van der Waals surface area contributed by atoms with E-state index in [1.807, 2.05) is 18.5 Å². The highest BCUT2D eigenvalue weighted by Gasteiger charge is 2.44. The fraction of sp³-hybridized carbons (Fsp3) is 0.765. The molecule has 0 aromatic carbocycles. The molecule has 2 fully saturated rings. The first-order chi connectivity index (χ1) is 10.2. The van der Waals surface area contributed by atoms with Gasteiger partial charge in [0.2, 0.25) is 0 Å². The van der Waals surface area contributed by atoms with E-state index >= 15 is 0 Å². The summed E-state index contributed by atoms with van der Waals surface area (Å²) < 4.78 is 0. The van der Waals surface area contributed by atoms with Gasteiger partial charge < -0.3 is 5.32 Å². The van der Waals surface area contributed by atoms with Crippen LogP contribution in [0.15, 0.2) is 18.5 Å². The molecule has 2 atom stereocenters. The summed E-state index contributed by atoms with van der Waals surface area (Å²) in [5.74, 6) is 1.69. The van der Waals surface area contributed by atoms with Crippen LogP contribution in [-0.2, 0) is 6.54 Å². The average molecular weight is 288 g/mol. The summed E-state index contributed by atoms with van der Waals surface area (Å²) in [5, 5.41) is 3.84. The zero-order chi connectivity index (χ0) is 14.7. The summed E-state index contributed by atoms with van der Waals surface area (Å²) in [6.45, 7) is 7.82. The van der Waals surface area contributed by atoms with E-state index in [9.17, 15) is 0 Å². The molecular formula is C17H28N4. The molecule has 0 bridgehead atoms. The monoisotopic (exact) mass is 288 g/mol. The Kier molecular flexibility index (Phi) is 4.55. The second kappa shape index (κ2) is 6.41. The van der Waals surface area contributed by atoms with Gasteiger partial charge in [0, 0.05) is 37.1 Å². The molecule has 1 aliphatic heterocycles. The number of rotatable bonds is 4. The van der Waals surface area contributed by atoms with E-state index in [1.54, 1.807) is 0 Å². The molecule has 116 valence electrons. The number of piperazine rings is 1. The molecule has 2 aliphatic rings. The van der Waals surface area contributed by atoms with E-state index in [-0.39, 0.29) is 0 Å². The number of nitrogens with one attached hydrogen (secondary N) is 1. The van der Waals surface area contributed by atoms with E-state index < -0.39 is 0 Å². The van der Waals surface area contributed by atoms with E-state index in [2.05, 4.69) is 34.0 Å². The van der Waals surface area contributed by atoms with Crippen LogP contribution >= 0.6 is 0 Å². The minimum Gasteiger partial charge on any atom is -0.311 e. The van der Waals surface area contributed by atoms with Crippen molar-refractivity contribution in [1.82, 2.24) is 20.2 Å². The second-order valence-electron chi connectivity index (χ2n) is 6.85. The predicted octanol–water partition coefficient (Wildman–Crippen LogP) is 2.61. The van der Waals surface area contributed by atoms with Crippen LogP contribution in [0.5, 0.6) is 0 Å². The van der Waals surface area contributed by atoms with E-state index in [0.717, 1.165) is 31.4 Å². The molecule has 3 rings (SSSR count). The molecule has 1 N–H and O–H groups in total. The van der Waals surface area contributed by atoms with Gasteiger partial charge >= 0.3 is 0 Å². The van der Waals surface area contributed by atoms with Crippen molar-refractivity contribution < 1.29 is 0 Å². The molecule has 1 saturated carbocycles. The molecule has 1 aliphatic carbocycles. The normalized spacial score (nSPS) is 27.0. The Morgan fingerprint density at radius 1 is 1.33 bits per heavy atom. The van der Waals surface area contributed by atoms with Crippen LogP contribution in [0.25, 0.3) is 0 Å². The lowest BCUT2D eigenvalue weighted by Crippen LogP contribution is -2.64. The Balaban J connectivity index is 1.76. The Bertz CT molecular complexity index is 441. The summed E-state index contributed by atoms with van der Waals surface area (Å²) in [5.41, 5.74) is 0.350. The Morgan fingerprint density at radius 2 is 2.05 bits per heavy atom. The van der Waals surface area contributed by atoms with Gasteiger partial charge in [0.1, 0.15) is 5.82 Å². The predicted molar refractivity (Wildman–Crippen MR) is 84.9 cm³/mol. The molecule has 0 amide bonds. The molecule has 1 aromatic heterocycles. The van der Waals surface area contributed by atoms with E-state index in [4.69, 9.17) is 0 Å². The highest BCUT2D eigenvalue weighted by atomic mass is 15.3. The number of hydrogen-bond acceptors (Lipinski definition) is 4. The minimum absolute atomic E-state index is 0.350. The maximum Gasteiger partial charge on any atom is 0.142 e. The van der Waals surface area contributed by atoms with Gasteiger partial charge in [-0.1, -0.05) is 33.1 Å². The molecule has 2 unspecified atom stereocenters. The van der Waals surface area contributed by atoms with Crippen molar-refractivity contribution in [2.75, 3.05) is 13.1 Å². The lowest BCUT2D eigenvalue weighted by Gasteiger charge is -2.49. The summed E-state index contributed by atoms with van der Waals surface area (Å²) in [6.07, 6.45) is 10.3. The quantitative estimate of drug-likeness (QED) is 0.924. The van der Waals surface area contributed by atoms with Crippen LogP contribution in [-0.4, -0.2) is 39.5 Å². The van der Waals surface area contributed by atoms with Crippen LogP contribution in [0.2, 0.25) is 0 Å². The summed E-state index contributed by atoms with van der Waals surface area (Å²) in [7, 11) is 0. The summed E-state index contributed by atoms with van der Waals surface area (Å²) in [4.78, 5) is 11.6. The van der Waals surface area contributed by atoms with Crippen molar-refractivity contribution in [2.24, 2.45) is 5.92 Å². The third-order valence-electron chi connectivity index (χ3n) is 5.60. The third kappa shape index (κ3) is 3.11. The van der Waals surface area contributed by atoms with E-state index in [0.29, 0.717) is 11.6 Å². The Morgan fingerprint density at radius 3 is 2.71 bits per heavy atom. The van der Waals surface area contributed by atoms with Crippen LogP contribution in [0.3, 0.4) is 0 Å². The molecule has 0 radical (unpaired) electrons. The smallest absolute Gasteiger partial charge is 0.142 e. The molecule has 1 aromatic rings. The Labute approximate surface area is 128 Å². The van der Waals surface area contributed by atoms with Crippen LogP contribution in [0.1, 0.15) is 51.8 Å². The van der Waals surface area contributed by atoms with Crippen molar-refractivity contribution in [3.8, 4) is 0 Å². The highest BCUT2D eigenvalue weighted by molar-refractivity contribution is 5.04. The number of aromatic nitrogens is 2. The molecule has 2 heterocycles. The van der Waals surface area contributed by atoms with E-state index in [1.165, 1.54) is 32.1 Å². The molecule has 4 nitrogen and oxygen atoms in total. The van der Waals surface area contributed by atoms with Crippen molar-refractivity contribution in [1.29, 1.82) is 0 Å². The standard InChI is InChI=1S/C17H28N4/c1-3-14(2)15-11-21(12-16-18-9-6-10-19-16)17(13-20-15)7-4-5-8-17/h6,9-10,14-15,20H,3-5,7-8,11-13H2,1-2H3. The van der Waals surface area contributed by atoms with Gasteiger partial charge in [0.05, 0.1) is 6.54 Å². The maximum absolute atomic E-state index is 4.44. The van der Waals surface area contributed by atoms with Gasteiger partial charge in [-0.05, 0) is 24.8 Å². The molecule has 1 spiro atoms. The van der Waals surface area contributed by atoms with Gasteiger partial charge in [-0.15, -0.1) is 0 Å². The van der Waals surface area contributed by atoms with Gasteiger partial charge in [-0.25, -0.2) is 9.97 Å². The van der Waals surface area contributed by atoms with Crippen molar-refractivity contribution in [3.63, 3.8) is 0 Å². The topological polar surface area (TPSA) is 41.1 Å². The summed E-state index contributed by atoms with van der Waals surface area (Å²) in [6, 6.07) is 2.50. The van der Waals surface area contributed by atoms with Gasteiger partial charge in [0.15, 0.2) is 0 Å². The van der Waals surface area contributed by atoms with Crippen LogP contribution in [0, 0.1) is 5.92 Å². The van der Waals surface area contributed by atoms with Gasteiger partial charge in [0.25, 0.3) is 0 Å². The molecule has 4 heteroatoms. The van der Waals surface area contributed by atoms with Crippen LogP contribution in [0.4, 0.5) is 0 Å². The lowest BCUT2D eigenvalue weighted by atomic mass is 9.87. The van der Waals surface area contributed by atoms with Crippen LogP contribution < -0.4 is 5.32 Å². The molecular weight excluding hydrogens is 260 g/mol. The Hall–Kier alpha value is -1.00. The largest absolute Gasteiger partial charge is 0.311 e. The van der Waals surface area contributed by atoms with Gasteiger partial charge in [-0.2, -0.15) is 0 Å². The maximum atomic E-state index is 4.44. The molecule has 1 saturated heterocycles. The first-order valence-corrected chi connectivity index (χ1v) is 8.48. The third-order valence-corrected chi connectivity index (χ3v) is 5.60. The van der Waals surface area contributed by atoms with Gasteiger partial charge in [-0.3, -0.25) is 4.90 Å². The number of nitrogens with zero attached hydrogens (tertiary/aromatic N) is 3. The zero-order valence-corrected chi connectivity index (χ0v) is 13.4. The first-order valence-electron chi connectivity index (χ1n) is 8.48. The SMILES string of the molecule is CCC(C)C1CN(Cc2ncccn2)C2(CCCC2)CN1.